The predicted molar refractivity (Wildman–Crippen MR) is 85.8 cm³/mol. The lowest BCUT2D eigenvalue weighted by Gasteiger charge is -2.24. The summed E-state index contributed by atoms with van der Waals surface area (Å²) < 4.78 is 1.25. The first-order valence-electron chi connectivity index (χ1n) is 6.82. The van der Waals surface area contributed by atoms with E-state index in [0.29, 0.717) is 12.0 Å². The second kappa shape index (κ2) is 5.78. The Hall–Kier alpha value is -0.640. The van der Waals surface area contributed by atoms with Gasteiger partial charge in [-0.15, -0.1) is 11.3 Å². The minimum atomic E-state index is 0.465. The van der Waals surface area contributed by atoms with Crippen molar-refractivity contribution in [2.75, 3.05) is 6.54 Å². The fourth-order valence-corrected chi connectivity index (χ4v) is 4.84. The van der Waals surface area contributed by atoms with E-state index in [-0.39, 0.29) is 0 Å². The van der Waals surface area contributed by atoms with Crippen LogP contribution in [0.25, 0.3) is 0 Å². The molecule has 19 heavy (non-hydrogen) atoms. The van der Waals surface area contributed by atoms with Crippen LogP contribution in [0.1, 0.15) is 29.0 Å². The van der Waals surface area contributed by atoms with Gasteiger partial charge in [-0.05, 0) is 63.8 Å². The number of hydrogen-bond donors (Lipinski definition) is 1. The van der Waals surface area contributed by atoms with Gasteiger partial charge in [-0.3, -0.25) is 0 Å². The zero-order chi connectivity index (χ0) is 13.2. The monoisotopic (exact) mass is 335 g/mol. The van der Waals surface area contributed by atoms with Gasteiger partial charge in [-0.25, -0.2) is 0 Å². The summed E-state index contributed by atoms with van der Waals surface area (Å²) in [6, 6.07) is 11.5. The zero-order valence-electron chi connectivity index (χ0n) is 11.0. The number of benzene rings is 1. The van der Waals surface area contributed by atoms with Gasteiger partial charge in [-0.2, -0.15) is 0 Å². The molecule has 1 unspecified atom stereocenters. The number of fused-ring (bicyclic) bond motifs is 1. The van der Waals surface area contributed by atoms with Gasteiger partial charge in [0, 0.05) is 15.4 Å². The molecule has 2 aromatic rings. The van der Waals surface area contributed by atoms with Crippen molar-refractivity contribution >= 4 is 27.3 Å². The Balaban J connectivity index is 1.86. The highest BCUT2D eigenvalue weighted by atomic mass is 79.9. The van der Waals surface area contributed by atoms with Crippen LogP contribution >= 0.6 is 27.3 Å². The average molecular weight is 336 g/mol. The van der Waals surface area contributed by atoms with Gasteiger partial charge >= 0.3 is 0 Å². The molecule has 1 aromatic carbocycles. The third-order valence-electron chi connectivity index (χ3n) is 3.91. The maximum absolute atomic E-state index is 3.69. The molecule has 0 fully saturated rings. The molecule has 0 radical (unpaired) electrons. The van der Waals surface area contributed by atoms with Crippen LogP contribution in [0.4, 0.5) is 0 Å². The van der Waals surface area contributed by atoms with Crippen molar-refractivity contribution in [1.29, 1.82) is 0 Å². The van der Waals surface area contributed by atoms with Crippen LogP contribution in [0.5, 0.6) is 0 Å². The SMILES string of the molecule is CCNC(c1sccc1Br)C1Cc2ccccc2C1. The van der Waals surface area contributed by atoms with E-state index in [4.69, 9.17) is 0 Å². The molecular weight excluding hydrogens is 318 g/mol. The minimum absolute atomic E-state index is 0.465. The fourth-order valence-electron chi connectivity index (χ4n) is 3.05. The molecule has 0 saturated heterocycles. The first-order chi connectivity index (χ1) is 9.29. The van der Waals surface area contributed by atoms with Crippen molar-refractivity contribution in [3.63, 3.8) is 0 Å². The summed E-state index contributed by atoms with van der Waals surface area (Å²) in [5.74, 6) is 0.673. The highest BCUT2D eigenvalue weighted by Gasteiger charge is 2.30. The van der Waals surface area contributed by atoms with Gasteiger partial charge in [0.25, 0.3) is 0 Å². The van der Waals surface area contributed by atoms with Crippen LogP contribution in [-0.2, 0) is 12.8 Å². The predicted octanol–water partition coefficient (Wildman–Crippen LogP) is 4.58. The summed E-state index contributed by atoms with van der Waals surface area (Å²) in [5.41, 5.74) is 3.06. The van der Waals surface area contributed by atoms with Gasteiger partial charge < -0.3 is 5.32 Å². The van der Waals surface area contributed by atoms with E-state index in [1.54, 1.807) is 0 Å². The maximum atomic E-state index is 3.69. The molecule has 0 bridgehead atoms. The Bertz CT molecular complexity index is 538. The summed E-state index contributed by atoms with van der Waals surface area (Å²) in [4.78, 5) is 1.44. The largest absolute Gasteiger partial charge is 0.309 e. The highest BCUT2D eigenvalue weighted by Crippen LogP contribution is 2.39. The summed E-state index contributed by atoms with van der Waals surface area (Å²) in [6.07, 6.45) is 2.39. The average Bonchev–Trinajstić information content (AvgIpc) is 3.02. The molecule has 1 aliphatic rings. The summed E-state index contributed by atoms with van der Waals surface area (Å²) in [7, 11) is 0. The molecule has 0 saturated carbocycles. The quantitative estimate of drug-likeness (QED) is 0.862. The van der Waals surface area contributed by atoms with E-state index in [1.165, 1.54) is 33.3 Å². The lowest BCUT2D eigenvalue weighted by Crippen LogP contribution is -2.28. The molecule has 1 N–H and O–H groups in total. The first-order valence-corrected chi connectivity index (χ1v) is 8.50. The molecule has 3 heteroatoms. The van der Waals surface area contributed by atoms with Gasteiger partial charge in [-0.1, -0.05) is 31.2 Å². The topological polar surface area (TPSA) is 12.0 Å². The Morgan fingerprint density at radius 3 is 2.47 bits per heavy atom. The molecule has 0 aliphatic heterocycles. The van der Waals surface area contributed by atoms with E-state index in [9.17, 15) is 0 Å². The number of halogens is 1. The Labute approximate surface area is 127 Å². The Morgan fingerprint density at radius 2 is 1.95 bits per heavy atom. The lowest BCUT2D eigenvalue weighted by atomic mass is 9.95. The van der Waals surface area contributed by atoms with Crippen LogP contribution < -0.4 is 5.32 Å². The van der Waals surface area contributed by atoms with Gasteiger partial charge in [0.1, 0.15) is 0 Å². The third-order valence-corrected chi connectivity index (χ3v) is 5.86. The normalized spacial score (nSPS) is 16.5. The van der Waals surface area contributed by atoms with E-state index in [2.05, 4.69) is 63.9 Å². The van der Waals surface area contributed by atoms with Crippen LogP contribution in [0.15, 0.2) is 40.2 Å². The van der Waals surface area contributed by atoms with E-state index >= 15 is 0 Å². The Kier molecular flexibility index (Phi) is 4.06. The zero-order valence-corrected chi connectivity index (χ0v) is 13.4. The molecule has 1 aliphatic carbocycles. The number of rotatable bonds is 4. The van der Waals surface area contributed by atoms with Crippen molar-refractivity contribution in [1.82, 2.24) is 5.32 Å². The molecular formula is C16H18BrNS. The standard InChI is InChI=1S/C16H18BrNS/c1-2-18-15(16-14(17)7-8-19-16)13-9-11-5-3-4-6-12(11)10-13/h3-8,13,15,18H,2,9-10H2,1H3. The van der Waals surface area contributed by atoms with Crippen molar-refractivity contribution < 1.29 is 0 Å². The van der Waals surface area contributed by atoms with Gasteiger partial charge in [0.05, 0.1) is 0 Å². The molecule has 0 amide bonds. The third kappa shape index (κ3) is 2.64. The summed E-state index contributed by atoms with van der Waals surface area (Å²) in [6.45, 7) is 3.21. The van der Waals surface area contributed by atoms with Crippen LogP contribution in [0, 0.1) is 5.92 Å². The van der Waals surface area contributed by atoms with E-state index in [0.717, 1.165) is 6.54 Å². The molecule has 1 heterocycles. The second-order valence-corrected chi connectivity index (χ2v) is 6.91. The van der Waals surface area contributed by atoms with Gasteiger partial charge in [0.15, 0.2) is 0 Å². The van der Waals surface area contributed by atoms with Crippen LogP contribution in [-0.4, -0.2) is 6.54 Å². The van der Waals surface area contributed by atoms with Crippen molar-refractivity contribution in [2.45, 2.75) is 25.8 Å². The van der Waals surface area contributed by atoms with Crippen LogP contribution in [0.3, 0.4) is 0 Å². The number of nitrogens with one attached hydrogen (secondary N) is 1. The van der Waals surface area contributed by atoms with Crippen molar-refractivity contribution in [3.05, 3.63) is 56.2 Å². The van der Waals surface area contributed by atoms with E-state index in [1.807, 2.05) is 11.3 Å². The maximum Gasteiger partial charge on any atom is 0.0461 e. The molecule has 1 atom stereocenters. The molecule has 1 aromatic heterocycles. The van der Waals surface area contributed by atoms with E-state index < -0.39 is 0 Å². The number of thiophene rings is 1. The highest BCUT2D eigenvalue weighted by molar-refractivity contribution is 9.10. The molecule has 0 spiro atoms. The van der Waals surface area contributed by atoms with Crippen LogP contribution in [0.2, 0.25) is 0 Å². The molecule has 1 nitrogen and oxygen atoms in total. The fraction of sp³-hybridized carbons (Fsp3) is 0.375. The minimum Gasteiger partial charge on any atom is -0.309 e. The smallest absolute Gasteiger partial charge is 0.0461 e. The summed E-state index contributed by atoms with van der Waals surface area (Å²) in [5, 5.41) is 5.86. The summed E-state index contributed by atoms with van der Waals surface area (Å²) >= 11 is 5.54. The first kappa shape index (κ1) is 13.3. The Morgan fingerprint density at radius 1 is 1.26 bits per heavy atom. The lowest BCUT2D eigenvalue weighted by molar-refractivity contribution is 0.385. The number of hydrogen-bond acceptors (Lipinski definition) is 2. The molecule has 100 valence electrons. The van der Waals surface area contributed by atoms with Crippen molar-refractivity contribution in [3.8, 4) is 0 Å². The molecule has 3 rings (SSSR count). The van der Waals surface area contributed by atoms with Gasteiger partial charge in [0.2, 0.25) is 0 Å². The van der Waals surface area contributed by atoms with Crippen molar-refractivity contribution in [2.24, 2.45) is 5.92 Å². The second-order valence-electron chi connectivity index (χ2n) is 5.11.